The summed E-state index contributed by atoms with van der Waals surface area (Å²) < 4.78 is 2.11. The number of anilines is 1. The van der Waals surface area contributed by atoms with Crippen LogP contribution in [0.1, 0.15) is 45.1 Å². The van der Waals surface area contributed by atoms with Crippen molar-refractivity contribution in [2.75, 3.05) is 18.5 Å². The number of rotatable bonds is 5. The predicted octanol–water partition coefficient (Wildman–Crippen LogP) is 2.43. The second-order valence-electron chi connectivity index (χ2n) is 5.14. The maximum atomic E-state index is 8.72. The van der Waals surface area contributed by atoms with E-state index in [1.165, 1.54) is 25.7 Å². The monoisotopic (exact) mass is 237 g/mol. The SMILES string of the molecule is CC1CCCC(n2cc(NCCCO)cn2)C1. The normalized spacial score (nSPS) is 24.8. The fourth-order valence-electron chi connectivity index (χ4n) is 2.58. The Balaban J connectivity index is 1.88. The molecule has 4 heteroatoms. The van der Waals surface area contributed by atoms with E-state index in [9.17, 15) is 0 Å². The van der Waals surface area contributed by atoms with Crippen molar-refractivity contribution in [2.45, 2.75) is 45.1 Å². The summed E-state index contributed by atoms with van der Waals surface area (Å²) in [5.74, 6) is 0.823. The fraction of sp³-hybridized carbons (Fsp3) is 0.769. The van der Waals surface area contributed by atoms with Crippen molar-refractivity contribution in [1.29, 1.82) is 0 Å². The van der Waals surface area contributed by atoms with Gasteiger partial charge in [-0.05, 0) is 25.2 Å². The van der Waals surface area contributed by atoms with Crippen LogP contribution in [-0.4, -0.2) is 28.0 Å². The van der Waals surface area contributed by atoms with Crippen molar-refractivity contribution in [3.8, 4) is 0 Å². The summed E-state index contributed by atoms with van der Waals surface area (Å²) in [5, 5.41) is 16.4. The summed E-state index contributed by atoms with van der Waals surface area (Å²) in [7, 11) is 0. The lowest BCUT2D eigenvalue weighted by atomic mass is 9.87. The molecule has 0 bridgehead atoms. The molecule has 17 heavy (non-hydrogen) atoms. The first-order chi connectivity index (χ1) is 8.29. The summed E-state index contributed by atoms with van der Waals surface area (Å²) in [4.78, 5) is 0. The lowest BCUT2D eigenvalue weighted by Crippen LogP contribution is -2.17. The Labute approximate surface area is 103 Å². The van der Waals surface area contributed by atoms with Crippen molar-refractivity contribution in [1.82, 2.24) is 9.78 Å². The van der Waals surface area contributed by atoms with E-state index in [1.54, 1.807) is 0 Å². The quantitative estimate of drug-likeness (QED) is 0.773. The van der Waals surface area contributed by atoms with Crippen LogP contribution in [0.3, 0.4) is 0 Å². The van der Waals surface area contributed by atoms with E-state index in [4.69, 9.17) is 5.11 Å². The van der Waals surface area contributed by atoms with Gasteiger partial charge >= 0.3 is 0 Å². The van der Waals surface area contributed by atoms with Gasteiger partial charge in [-0.15, -0.1) is 0 Å². The second kappa shape index (κ2) is 6.05. The van der Waals surface area contributed by atoms with E-state index in [2.05, 4.69) is 28.2 Å². The topological polar surface area (TPSA) is 50.1 Å². The molecule has 2 N–H and O–H groups in total. The van der Waals surface area contributed by atoms with Crippen LogP contribution in [0.4, 0.5) is 5.69 Å². The summed E-state index contributed by atoms with van der Waals surface area (Å²) in [6.07, 6.45) is 9.95. The minimum Gasteiger partial charge on any atom is -0.396 e. The lowest BCUT2D eigenvalue weighted by Gasteiger charge is -2.26. The first-order valence-corrected chi connectivity index (χ1v) is 6.68. The Morgan fingerprint density at radius 2 is 2.41 bits per heavy atom. The number of hydrogen-bond donors (Lipinski definition) is 2. The zero-order valence-corrected chi connectivity index (χ0v) is 10.6. The molecule has 1 aromatic heterocycles. The van der Waals surface area contributed by atoms with Crippen LogP contribution in [0.5, 0.6) is 0 Å². The molecule has 2 atom stereocenters. The number of hydrogen-bond acceptors (Lipinski definition) is 3. The molecule has 0 amide bonds. The Morgan fingerprint density at radius 3 is 3.18 bits per heavy atom. The molecule has 0 aromatic carbocycles. The molecule has 1 aromatic rings. The van der Waals surface area contributed by atoms with E-state index in [0.29, 0.717) is 6.04 Å². The van der Waals surface area contributed by atoms with E-state index >= 15 is 0 Å². The van der Waals surface area contributed by atoms with Crippen LogP contribution in [-0.2, 0) is 0 Å². The Bertz CT molecular complexity index is 337. The van der Waals surface area contributed by atoms with Crippen molar-refractivity contribution >= 4 is 5.69 Å². The van der Waals surface area contributed by atoms with Crippen LogP contribution < -0.4 is 5.32 Å². The smallest absolute Gasteiger partial charge is 0.0726 e. The van der Waals surface area contributed by atoms with Gasteiger partial charge in [0.15, 0.2) is 0 Å². The molecule has 96 valence electrons. The van der Waals surface area contributed by atoms with Gasteiger partial charge in [0.1, 0.15) is 0 Å². The van der Waals surface area contributed by atoms with Gasteiger partial charge in [-0.25, -0.2) is 0 Å². The lowest BCUT2D eigenvalue weighted by molar-refractivity contribution is 0.266. The van der Waals surface area contributed by atoms with Crippen molar-refractivity contribution < 1.29 is 5.11 Å². The maximum absolute atomic E-state index is 8.72. The molecule has 1 fully saturated rings. The van der Waals surface area contributed by atoms with Gasteiger partial charge in [-0.2, -0.15) is 5.10 Å². The number of aliphatic hydroxyl groups excluding tert-OH is 1. The highest BCUT2D eigenvalue weighted by Crippen LogP contribution is 2.32. The first-order valence-electron chi connectivity index (χ1n) is 6.68. The van der Waals surface area contributed by atoms with E-state index in [-0.39, 0.29) is 6.61 Å². The van der Waals surface area contributed by atoms with Crippen molar-refractivity contribution in [2.24, 2.45) is 5.92 Å². The zero-order chi connectivity index (χ0) is 12.1. The zero-order valence-electron chi connectivity index (χ0n) is 10.6. The van der Waals surface area contributed by atoms with E-state index < -0.39 is 0 Å². The highest BCUT2D eigenvalue weighted by atomic mass is 16.3. The summed E-state index contributed by atoms with van der Waals surface area (Å²) >= 11 is 0. The Morgan fingerprint density at radius 1 is 1.53 bits per heavy atom. The van der Waals surface area contributed by atoms with Crippen molar-refractivity contribution in [3.05, 3.63) is 12.4 Å². The highest BCUT2D eigenvalue weighted by molar-refractivity contribution is 5.38. The summed E-state index contributed by atoms with van der Waals surface area (Å²) in [6, 6.07) is 0.576. The molecule has 0 saturated heterocycles. The van der Waals surface area contributed by atoms with Crippen LogP contribution in [0, 0.1) is 5.92 Å². The second-order valence-corrected chi connectivity index (χ2v) is 5.14. The third-order valence-corrected chi connectivity index (χ3v) is 3.55. The minimum absolute atomic E-state index is 0.237. The van der Waals surface area contributed by atoms with Gasteiger partial charge in [0.25, 0.3) is 0 Å². The molecule has 1 saturated carbocycles. The van der Waals surface area contributed by atoms with Gasteiger partial charge in [-0.3, -0.25) is 4.68 Å². The fourth-order valence-corrected chi connectivity index (χ4v) is 2.58. The number of nitrogens with zero attached hydrogens (tertiary/aromatic N) is 2. The molecule has 2 rings (SSSR count). The van der Waals surface area contributed by atoms with Gasteiger partial charge < -0.3 is 10.4 Å². The van der Waals surface area contributed by atoms with Gasteiger partial charge in [0, 0.05) is 19.3 Å². The van der Waals surface area contributed by atoms with Crippen LogP contribution >= 0.6 is 0 Å². The molecule has 4 nitrogen and oxygen atoms in total. The molecule has 0 aliphatic heterocycles. The molecular weight excluding hydrogens is 214 g/mol. The standard InChI is InChI=1S/C13H23N3O/c1-11-4-2-5-13(8-11)16-10-12(9-15-16)14-6-3-7-17/h9-11,13-14,17H,2-8H2,1H3. The van der Waals surface area contributed by atoms with Gasteiger partial charge in [-0.1, -0.05) is 19.8 Å². The average Bonchev–Trinajstić information content (AvgIpc) is 2.78. The summed E-state index contributed by atoms with van der Waals surface area (Å²) in [6.45, 7) is 3.38. The first kappa shape index (κ1) is 12.4. The third kappa shape index (κ3) is 3.46. The molecule has 2 unspecified atom stereocenters. The number of nitrogens with one attached hydrogen (secondary N) is 1. The summed E-state index contributed by atoms with van der Waals surface area (Å²) in [5.41, 5.74) is 1.07. The van der Waals surface area contributed by atoms with E-state index in [1.807, 2.05) is 6.20 Å². The van der Waals surface area contributed by atoms with Crippen LogP contribution in [0.2, 0.25) is 0 Å². The largest absolute Gasteiger partial charge is 0.396 e. The van der Waals surface area contributed by atoms with Crippen LogP contribution in [0.15, 0.2) is 12.4 Å². The predicted molar refractivity (Wildman–Crippen MR) is 69.1 cm³/mol. The van der Waals surface area contributed by atoms with Gasteiger partial charge in [0.05, 0.1) is 17.9 Å². The number of aromatic nitrogens is 2. The molecule has 0 radical (unpaired) electrons. The van der Waals surface area contributed by atoms with Crippen LogP contribution in [0.25, 0.3) is 0 Å². The highest BCUT2D eigenvalue weighted by Gasteiger charge is 2.20. The molecule has 0 spiro atoms. The Hall–Kier alpha value is -1.03. The van der Waals surface area contributed by atoms with E-state index in [0.717, 1.165) is 24.6 Å². The van der Waals surface area contributed by atoms with Gasteiger partial charge in [0.2, 0.25) is 0 Å². The Kier molecular flexibility index (Phi) is 4.42. The minimum atomic E-state index is 0.237. The average molecular weight is 237 g/mol. The van der Waals surface area contributed by atoms with Crippen molar-refractivity contribution in [3.63, 3.8) is 0 Å². The number of aliphatic hydroxyl groups is 1. The molecule has 1 heterocycles. The molecular formula is C13H23N3O. The molecule has 1 aliphatic carbocycles. The maximum Gasteiger partial charge on any atom is 0.0726 e. The molecule has 1 aliphatic rings. The third-order valence-electron chi connectivity index (χ3n) is 3.55.